The van der Waals surface area contributed by atoms with Gasteiger partial charge in [0.2, 0.25) is 5.91 Å². The van der Waals surface area contributed by atoms with E-state index in [1.807, 2.05) is 11.4 Å². The second kappa shape index (κ2) is 9.78. The number of hydrogen-bond acceptors (Lipinski definition) is 5. The lowest BCUT2D eigenvalue weighted by molar-refractivity contribution is -0.131. The minimum Gasteiger partial charge on any atom is -0.364 e. The zero-order valence-electron chi connectivity index (χ0n) is 12.2. The van der Waals surface area contributed by atoms with Crippen molar-refractivity contribution < 1.29 is 14.3 Å². The zero-order valence-corrected chi connectivity index (χ0v) is 13.9. The molecule has 8 heteroatoms. The number of amides is 2. The Morgan fingerprint density at radius 1 is 1.32 bits per heavy atom. The van der Waals surface area contributed by atoms with Gasteiger partial charge in [0.05, 0.1) is 11.0 Å². The van der Waals surface area contributed by atoms with Gasteiger partial charge in [0.15, 0.2) is 0 Å². The van der Waals surface area contributed by atoms with Gasteiger partial charge >= 0.3 is 0 Å². The molecule has 124 valence electrons. The molecule has 0 bridgehead atoms. The predicted octanol–water partition coefficient (Wildman–Crippen LogP) is 0.912. The van der Waals surface area contributed by atoms with Crippen LogP contribution in [0.5, 0.6) is 0 Å². The summed E-state index contributed by atoms with van der Waals surface area (Å²) in [4.78, 5) is 24.2. The van der Waals surface area contributed by atoms with Crippen LogP contribution in [0.1, 0.15) is 28.9 Å². The van der Waals surface area contributed by atoms with Crippen molar-refractivity contribution in [1.82, 2.24) is 10.6 Å². The Labute approximate surface area is 140 Å². The van der Waals surface area contributed by atoms with Gasteiger partial charge in [-0.05, 0) is 30.7 Å². The molecule has 0 saturated carbocycles. The average Bonchev–Trinajstić information content (AvgIpc) is 3.17. The minimum absolute atomic E-state index is 0. The highest BCUT2D eigenvalue weighted by molar-refractivity contribution is 7.12. The van der Waals surface area contributed by atoms with Gasteiger partial charge in [0.25, 0.3) is 5.91 Å². The maximum atomic E-state index is 11.8. The van der Waals surface area contributed by atoms with Gasteiger partial charge < -0.3 is 21.1 Å². The Balaban J connectivity index is 0.00000242. The van der Waals surface area contributed by atoms with Gasteiger partial charge in [0.1, 0.15) is 6.10 Å². The predicted molar refractivity (Wildman–Crippen MR) is 88.5 cm³/mol. The van der Waals surface area contributed by atoms with Crippen molar-refractivity contribution >= 4 is 35.6 Å². The van der Waals surface area contributed by atoms with E-state index in [-0.39, 0.29) is 36.4 Å². The van der Waals surface area contributed by atoms with Crippen LogP contribution in [-0.4, -0.2) is 43.7 Å². The summed E-state index contributed by atoms with van der Waals surface area (Å²) in [5.41, 5.74) is 5.51. The lowest BCUT2D eigenvalue weighted by Gasteiger charge is -2.12. The van der Waals surface area contributed by atoms with Crippen LogP contribution in [0.3, 0.4) is 0 Å². The number of rotatable bonds is 7. The van der Waals surface area contributed by atoms with Crippen LogP contribution in [0, 0.1) is 0 Å². The minimum atomic E-state index is -0.376. The van der Waals surface area contributed by atoms with Crippen molar-refractivity contribution in [1.29, 1.82) is 0 Å². The van der Waals surface area contributed by atoms with Gasteiger partial charge in [-0.15, -0.1) is 23.7 Å². The fourth-order valence-electron chi connectivity index (χ4n) is 2.18. The van der Waals surface area contributed by atoms with E-state index in [4.69, 9.17) is 10.5 Å². The molecule has 1 fully saturated rings. The molecule has 22 heavy (non-hydrogen) atoms. The van der Waals surface area contributed by atoms with E-state index in [1.54, 1.807) is 6.07 Å². The van der Waals surface area contributed by atoms with Crippen LogP contribution in [-0.2, 0) is 9.53 Å². The van der Waals surface area contributed by atoms with Crippen molar-refractivity contribution in [2.24, 2.45) is 5.73 Å². The Morgan fingerprint density at radius 2 is 2.09 bits per heavy atom. The largest absolute Gasteiger partial charge is 0.364 e. The summed E-state index contributed by atoms with van der Waals surface area (Å²) in [7, 11) is 0. The number of thiophene rings is 1. The molecular weight excluding hydrogens is 326 g/mol. The molecule has 6 nitrogen and oxygen atoms in total. The van der Waals surface area contributed by atoms with Crippen molar-refractivity contribution in [2.45, 2.75) is 31.5 Å². The fraction of sp³-hybridized carbons (Fsp3) is 0.571. The van der Waals surface area contributed by atoms with E-state index >= 15 is 0 Å². The Kier molecular flexibility index (Phi) is 8.40. The maximum absolute atomic E-state index is 11.8. The summed E-state index contributed by atoms with van der Waals surface area (Å²) in [5.74, 6) is -0.156. The molecule has 1 aliphatic rings. The summed E-state index contributed by atoms with van der Waals surface area (Å²) in [6.07, 6.45) is 1.88. The molecule has 1 aromatic rings. The van der Waals surface area contributed by atoms with E-state index in [0.717, 1.165) is 12.8 Å². The molecule has 1 saturated heterocycles. The van der Waals surface area contributed by atoms with Crippen molar-refractivity contribution in [3.05, 3.63) is 22.4 Å². The summed E-state index contributed by atoms with van der Waals surface area (Å²) in [6, 6.07) is 3.63. The van der Waals surface area contributed by atoms with Crippen LogP contribution in [0.15, 0.2) is 17.5 Å². The van der Waals surface area contributed by atoms with Crippen LogP contribution >= 0.6 is 23.7 Å². The first kappa shape index (κ1) is 18.9. The summed E-state index contributed by atoms with van der Waals surface area (Å²) in [5, 5.41) is 7.51. The van der Waals surface area contributed by atoms with Crippen LogP contribution in [0.2, 0.25) is 0 Å². The highest BCUT2D eigenvalue weighted by Gasteiger charge is 2.29. The molecule has 2 amide bonds. The Bertz CT molecular complexity index is 470. The van der Waals surface area contributed by atoms with E-state index in [9.17, 15) is 9.59 Å². The van der Waals surface area contributed by atoms with Crippen molar-refractivity contribution in [3.8, 4) is 0 Å². The van der Waals surface area contributed by atoms with Crippen molar-refractivity contribution in [2.75, 3.05) is 19.6 Å². The SMILES string of the molecule is Cl.NC[C@H]1CC[C@@H](C(=O)NCCCNC(=O)c2cccs2)O1. The first-order valence-electron chi connectivity index (χ1n) is 7.15. The first-order chi connectivity index (χ1) is 10.2. The molecule has 2 heterocycles. The van der Waals surface area contributed by atoms with Gasteiger partial charge in [-0.3, -0.25) is 9.59 Å². The smallest absolute Gasteiger partial charge is 0.261 e. The number of nitrogens with two attached hydrogens (primary N) is 1. The molecule has 2 atom stereocenters. The van der Waals surface area contributed by atoms with E-state index in [0.29, 0.717) is 30.9 Å². The molecule has 0 aliphatic carbocycles. The Hall–Kier alpha value is -1.15. The lowest BCUT2D eigenvalue weighted by Crippen LogP contribution is -2.37. The van der Waals surface area contributed by atoms with Crippen LogP contribution in [0.25, 0.3) is 0 Å². The van der Waals surface area contributed by atoms with Gasteiger partial charge in [-0.1, -0.05) is 6.07 Å². The quantitative estimate of drug-likeness (QED) is 0.639. The third-order valence-corrected chi connectivity index (χ3v) is 4.21. The van der Waals surface area contributed by atoms with E-state index in [2.05, 4.69) is 10.6 Å². The standard InChI is InChI=1S/C14H21N3O3S.ClH/c15-9-10-4-5-11(20-10)13(18)16-6-2-7-17-14(19)12-3-1-8-21-12;/h1,3,8,10-11H,2,4-7,9,15H2,(H,16,18)(H,17,19);1H/t10-,11+;/m1./s1. The number of carbonyl (C=O) groups is 2. The molecule has 0 radical (unpaired) electrons. The second-order valence-electron chi connectivity index (χ2n) is 4.94. The molecular formula is C14H22ClN3O3S. The second-order valence-corrected chi connectivity index (χ2v) is 5.89. The zero-order chi connectivity index (χ0) is 15.1. The van der Waals surface area contributed by atoms with E-state index < -0.39 is 0 Å². The molecule has 0 unspecified atom stereocenters. The average molecular weight is 348 g/mol. The molecule has 1 aromatic heterocycles. The lowest BCUT2D eigenvalue weighted by atomic mass is 10.2. The van der Waals surface area contributed by atoms with Gasteiger partial charge in [0, 0.05) is 19.6 Å². The van der Waals surface area contributed by atoms with Gasteiger partial charge in [-0.25, -0.2) is 0 Å². The summed E-state index contributed by atoms with van der Waals surface area (Å²) >= 11 is 1.41. The number of hydrogen-bond donors (Lipinski definition) is 3. The monoisotopic (exact) mass is 347 g/mol. The highest BCUT2D eigenvalue weighted by Crippen LogP contribution is 2.18. The third kappa shape index (κ3) is 5.57. The molecule has 4 N–H and O–H groups in total. The number of ether oxygens (including phenoxy) is 1. The van der Waals surface area contributed by atoms with Crippen molar-refractivity contribution in [3.63, 3.8) is 0 Å². The van der Waals surface area contributed by atoms with Crippen LogP contribution in [0.4, 0.5) is 0 Å². The number of nitrogens with one attached hydrogen (secondary N) is 2. The van der Waals surface area contributed by atoms with E-state index in [1.165, 1.54) is 11.3 Å². The topological polar surface area (TPSA) is 93.5 Å². The number of carbonyl (C=O) groups excluding carboxylic acids is 2. The first-order valence-corrected chi connectivity index (χ1v) is 8.03. The maximum Gasteiger partial charge on any atom is 0.261 e. The van der Waals surface area contributed by atoms with Gasteiger partial charge in [-0.2, -0.15) is 0 Å². The summed E-state index contributed by atoms with van der Waals surface area (Å²) in [6.45, 7) is 1.52. The Morgan fingerprint density at radius 3 is 2.73 bits per heavy atom. The molecule has 2 rings (SSSR count). The normalized spacial score (nSPS) is 20.2. The highest BCUT2D eigenvalue weighted by atomic mass is 35.5. The molecule has 0 aromatic carbocycles. The molecule has 1 aliphatic heterocycles. The fourth-order valence-corrected chi connectivity index (χ4v) is 2.82. The third-order valence-electron chi connectivity index (χ3n) is 3.35. The summed E-state index contributed by atoms with van der Waals surface area (Å²) < 4.78 is 5.51. The molecule has 0 spiro atoms. The number of halogens is 1. The van der Waals surface area contributed by atoms with Crippen LogP contribution < -0.4 is 16.4 Å².